The summed E-state index contributed by atoms with van der Waals surface area (Å²) in [5.74, 6) is -0.489. The topological polar surface area (TPSA) is 76.0 Å². The fourth-order valence-corrected chi connectivity index (χ4v) is 0.565. The number of hydrogen-bond donors (Lipinski definition) is 3. The Kier molecular flexibility index (Phi) is 7.17. The molecule has 0 rings (SSSR count). The molecule has 0 bridgehead atoms. The molecule has 12 heavy (non-hydrogen) atoms. The maximum absolute atomic E-state index is 10.4. The van der Waals surface area contributed by atoms with Crippen LogP contribution in [0.3, 0.4) is 0 Å². The maximum atomic E-state index is 10.4. The van der Waals surface area contributed by atoms with Crippen LogP contribution >= 0.6 is 12.9 Å². The second-order valence-corrected chi connectivity index (χ2v) is 2.31. The van der Waals surface area contributed by atoms with Crippen molar-refractivity contribution in [3.63, 3.8) is 0 Å². The van der Waals surface area contributed by atoms with E-state index in [9.17, 15) is 4.79 Å². The lowest BCUT2D eigenvalue weighted by Crippen LogP contribution is -2.20. The van der Waals surface area contributed by atoms with E-state index < -0.39 is 12.1 Å². The maximum Gasteiger partial charge on any atom is 0.319 e. The van der Waals surface area contributed by atoms with Crippen molar-refractivity contribution >= 4 is 18.9 Å². The molecule has 6 heteroatoms. The fraction of sp³-hybridized carbons (Fsp3) is 0.833. The average molecular weight is 196 g/mol. The second-order valence-electron chi connectivity index (χ2n) is 2.12. The van der Waals surface area contributed by atoms with Gasteiger partial charge in [0.05, 0.1) is 26.2 Å². The zero-order valence-electron chi connectivity index (χ0n) is 6.47. The molecule has 0 heterocycles. The Morgan fingerprint density at radius 1 is 1.58 bits per heavy atom. The van der Waals surface area contributed by atoms with Crippen LogP contribution in [-0.4, -0.2) is 42.1 Å². The van der Waals surface area contributed by atoms with Crippen LogP contribution < -0.4 is 0 Å². The molecule has 0 aliphatic heterocycles. The Hall–Kier alpha value is -0.300. The molecule has 0 amide bonds. The van der Waals surface area contributed by atoms with Crippen molar-refractivity contribution in [3.8, 4) is 0 Å². The van der Waals surface area contributed by atoms with Gasteiger partial charge in [0.25, 0.3) is 0 Å². The van der Waals surface area contributed by atoms with Crippen molar-refractivity contribution in [2.24, 2.45) is 0 Å². The molecule has 0 spiro atoms. The van der Waals surface area contributed by atoms with Crippen LogP contribution in [-0.2, 0) is 13.7 Å². The van der Waals surface area contributed by atoms with Crippen molar-refractivity contribution in [2.75, 3.05) is 19.8 Å². The summed E-state index contributed by atoms with van der Waals surface area (Å²) in [7, 11) is 0. The molecule has 0 aromatic carbocycles. The Bertz CT molecular complexity index is 129. The number of hydrogen-bond acceptors (Lipinski definition) is 6. The minimum absolute atomic E-state index is 0.0103. The van der Waals surface area contributed by atoms with Crippen LogP contribution in [0.4, 0.5) is 0 Å². The van der Waals surface area contributed by atoms with Gasteiger partial charge < -0.3 is 19.1 Å². The smallest absolute Gasteiger partial charge is 0.319 e. The number of rotatable bonds is 6. The van der Waals surface area contributed by atoms with E-state index in [2.05, 4.69) is 17.1 Å². The molecule has 0 aromatic rings. The third-order valence-electron chi connectivity index (χ3n) is 1.07. The third kappa shape index (κ3) is 6.41. The molecule has 0 saturated heterocycles. The minimum Gasteiger partial charge on any atom is -0.395 e. The first-order chi connectivity index (χ1) is 5.70. The standard InChI is InChI=1S/C6H12O5S/c7-3-5(8)4-10-2-1-6(9)11-12/h5,7-8,12H,1-4H2. The first-order valence-electron chi connectivity index (χ1n) is 3.41. The van der Waals surface area contributed by atoms with Crippen molar-refractivity contribution in [1.29, 1.82) is 0 Å². The third-order valence-corrected chi connectivity index (χ3v) is 1.28. The summed E-state index contributed by atoms with van der Waals surface area (Å²) in [5.41, 5.74) is 0. The van der Waals surface area contributed by atoms with Gasteiger partial charge in [-0.2, -0.15) is 0 Å². The molecule has 0 aliphatic carbocycles. The highest BCUT2D eigenvalue weighted by molar-refractivity contribution is 7.75. The molecular formula is C6H12O5S. The van der Waals surface area contributed by atoms with Gasteiger partial charge in [-0.05, 0) is 0 Å². The lowest BCUT2D eigenvalue weighted by molar-refractivity contribution is -0.134. The molecular weight excluding hydrogens is 184 g/mol. The number of ether oxygens (including phenoxy) is 1. The second kappa shape index (κ2) is 7.35. The van der Waals surface area contributed by atoms with Gasteiger partial charge in [-0.1, -0.05) is 0 Å². The summed E-state index contributed by atoms with van der Waals surface area (Å²) in [6, 6.07) is 0. The van der Waals surface area contributed by atoms with Crippen LogP contribution in [0.1, 0.15) is 6.42 Å². The first kappa shape index (κ1) is 11.7. The molecule has 1 atom stereocenters. The summed E-state index contributed by atoms with van der Waals surface area (Å²) >= 11 is 3.28. The summed E-state index contributed by atoms with van der Waals surface area (Å²) in [5, 5.41) is 17.1. The number of thiol groups is 1. The van der Waals surface area contributed by atoms with Gasteiger partial charge in [-0.3, -0.25) is 4.79 Å². The van der Waals surface area contributed by atoms with Crippen LogP contribution in [0.15, 0.2) is 0 Å². The summed E-state index contributed by atoms with van der Waals surface area (Å²) < 4.78 is 8.86. The molecule has 72 valence electrons. The number of aliphatic hydroxyl groups is 2. The highest BCUT2D eigenvalue weighted by atomic mass is 32.1. The molecule has 0 saturated carbocycles. The fourth-order valence-electron chi connectivity index (χ4n) is 0.473. The number of carbonyl (C=O) groups excluding carboxylic acids is 1. The van der Waals surface area contributed by atoms with E-state index in [1.165, 1.54) is 0 Å². The Morgan fingerprint density at radius 2 is 2.25 bits per heavy atom. The molecule has 1 unspecified atom stereocenters. The zero-order valence-corrected chi connectivity index (χ0v) is 7.37. The molecule has 0 radical (unpaired) electrons. The zero-order chi connectivity index (χ0) is 9.40. The average Bonchev–Trinajstić information content (AvgIpc) is 2.11. The summed E-state index contributed by atoms with van der Waals surface area (Å²) in [4.78, 5) is 10.4. The van der Waals surface area contributed by atoms with E-state index in [-0.39, 0.29) is 26.2 Å². The van der Waals surface area contributed by atoms with Crippen LogP contribution in [0.5, 0.6) is 0 Å². The van der Waals surface area contributed by atoms with Crippen LogP contribution in [0.25, 0.3) is 0 Å². The summed E-state index contributed by atoms with van der Waals surface area (Å²) in [6.07, 6.45) is -0.807. The Balaban J connectivity index is 3.15. The predicted octanol–water partition coefficient (Wildman–Crippen LogP) is -0.866. The van der Waals surface area contributed by atoms with Gasteiger partial charge in [0.15, 0.2) is 0 Å². The van der Waals surface area contributed by atoms with E-state index in [1.54, 1.807) is 0 Å². The van der Waals surface area contributed by atoms with Gasteiger partial charge in [0, 0.05) is 12.9 Å². The lowest BCUT2D eigenvalue weighted by Gasteiger charge is -2.06. The summed E-state index contributed by atoms with van der Waals surface area (Å²) in [6.45, 7) is -0.191. The SMILES string of the molecule is O=C(CCOCC(O)CO)OS. The van der Waals surface area contributed by atoms with E-state index in [4.69, 9.17) is 14.9 Å². The largest absolute Gasteiger partial charge is 0.395 e. The van der Waals surface area contributed by atoms with Crippen molar-refractivity contribution < 1.29 is 23.9 Å². The van der Waals surface area contributed by atoms with E-state index >= 15 is 0 Å². The van der Waals surface area contributed by atoms with Gasteiger partial charge in [0.1, 0.15) is 6.10 Å². The molecule has 0 aromatic heterocycles. The van der Waals surface area contributed by atoms with Gasteiger partial charge >= 0.3 is 5.97 Å². The van der Waals surface area contributed by atoms with E-state index in [0.717, 1.165) is 0 Å². The van der Waals surface area contributed by atoms with Crippen molar-refractivity contribution in [2.45, 2.75) is 12.5 Å². The monoisotopic (exact) mass is 196 g/mol. The predicted molar refractivity (Wildman–Crippen MR) is 43.6 cm³/mol. The minimum atomic E-state index is -0.892. The Labute approximate surface area is 75.9 Å². The van der Waals surface area contributed by atoms with Gasteiger partial charge in [-0.15, -0.1) is 0 Å². The molecule has 2 N–H and O–H groups in total. The molecule has 0 aliphatic rings. The van der Waals surface area contributed by atoms with Crippen LogP contribution in [0, 0.1) is 0 Å². The van der Waals surface area contributed by atoms with Crippen molar-refractivity contribution in [3.05, 3.63) is 0 Å². The number of aliphatic hydroxyl groups excluding tert-OH is 2. The Morgan fingerprint density at radius 3 is 2.75 bits per heavy atom. The lowest BCUT2D eigenvalue weighted by atomic mass is 10.4. The van der Waals surface area contributed by atoms with Gasteiger partial charge in [-0.25, -0.2) is 0 Å². The normalized spacial score (nSPS) is 12.6. The highest BCUT2D eigenvalue weighted by Gasteiger charge is 2.03. The van der Waals surface area contributed by atoms with Crippen LogP contribution in [0.2, 0.25) is 0 Å². The number of carbonyl (C=O) groups is 1. The quantitative estimate of drug-likeness (QED) is 0.292. The molecule has 5 nitrogen and oxygen atoms in total. The first-order valence-corrected chi connectivity index (χ1v) is 3.78. The highest BCUT2D eigenvalue weighted by Crippen LogP contribution is 1.91. The van der Waals surface area contributed by atoms with E-state index in [0.29, 0.717) is 0 Å². The molecule has 0 fully saturated rings. The van der Waals surface area contributed by atoms with Crippen molar-refractivity contribution in [1.82, 2.24) is 0 Å². The van der Waals surface area contributed by atoms with Gasteiger partial charge in [0.2, 0.25) is 0 Å². The van der Waals surface area contributed by atoms with E-state index in [1.807, 2.05) is 0 Å².